The van der Waals surface area contributed by atoms with Crippen molar-refractivity contribution in [3.63, 3.8) is 0 Å². The molecule has 2 aromatic rings. The number of benzene rings is 1. The molecule has 0 radical (unpaired) electrons. The number of likely N-dealkylation sites (tertiary alicyclic amines) is 1. The Balaban J connectivity index is 1.67. The monoisotopic (exact) mass is 331 g/mol. The van der Waals surface area contributed by atoms with Crippen LogP contribution in [-0.4, -0.2) is 59.2 Å². The maximum Gasteiger partial charge on any atom is 0.123 e. The third-order valence-electron chi connectivity index (χ3n) is 4.53. The van der Waals surface area contributed by atoms with Crippen molar-refractivity contribution >= 4 is 11.3 Å². The first-order chi connectivity index (χ1) is 11.3. The average Bonchev–Trinajstić information content (AvgIpc) is 3.05. The van der Waals surface area contributed by atoms with Crippen LogP contribution in [0.4, 0.5) is 0 Å². The van der Waals surface area contributed by atoms with Crippen LogP contribution in [0.1, 0.15) is 18.5 Å². The van der Waals surface area contributed by atoms with Gasteiger partial charge in [0.25, 0.3) is 0 Å². The first-order valence-electron chi connectivity index (χ1n) is 8.29. The largest absolute Gasteiger partial charge is 0.395 e. The van der Waals surface area contributed by atoms with Gasteiger partial charge in [0.15, 0.2) is 0 Å². The highest BCUT2D eigenvalue weighted by molar-refractivity contribution is 7.13. The number of aliphatic hydroxyl groups excluding tert-OH is 1. The van der Waals surface area contributed by atoms with E-state index in [4.69, 9.17) is 4.98 Å². The van der Waals surface area contributed by atoms with E-state index >= 15 is 0 Å². The molecule has 4 nitrogen and oxygen atoms in total. The van der Waals surface area contributed by atoms with Gasteiger partial charge in [0.1, 0.15) is 5.01 Å². The predicted molar refractivity (Wildman–Crippen MR) is 95.6 cm³/mol. The van der Waals surface area contributed by atoms with E-state index in [9.17, 15) is 5.11 Å². The second kappa shape index (κ2) is 8.02. The van der Waals surface area contributed by atoms with Crippen LogP contribution in [0, 0.1) is 0 Å². The molecular weight excluding hydrogens is 306 g/mol. The first-order valence-corrected chi connectivity index (χ1v) is 9.17. The van der Waals surface area contributed by atoms with E-state index in [1.165, 1.54) is 18.4 Å². The molecule has 1 aliphatic heterocycles. The first kappa shape index (κ1) is 16.6. The van der Waals surface area contributed by atoms with Crippen LogP contribution in [0.3, 0.4) is 0 Å². The Hall–Kier alpha value is -1.27. The topological polar surface area (TPSA) is 39.6 Å². The van der Waals surface area contributed by atoms with E-state index in [-0.39, 0.29) is 6.61 Å². The average molecular weight is 331 g/mol. The fourth-order valence-corrected chi connectivity index (χ4v) is 4.00. The Bertz CT molecular complexity index is 593. The maximum absolute atomic E-state index is 9.41. The normalized spacial score (nSPS) is 17.0. The molecule has 0 aliphatic carbocycles. The minimum Gasteiger partial charge on any atom is -0.395 e. The molecule has 1 aromatic heterocycles. The summed E-state index contributed by atoms with van der Waals surface area (Å²) in [4.78, 5) is 9.58. The summed E-state index contributed by atoms with van der Waals surface area (Å²) in [5.41, 5.74) is 2.29. The second-order valence-corrected chi connectivity index (χ2v) is 7.10. The van der Waals surface area contributed by atoms with Crippen LogP contribution >= 0.6 is 11.3 Å². The number of hydrogen-bond donors (Lipinski definition) is 1. The zero-order chi connectivity index (χ0) is 16.1. The van der Waals surface area contributed by atoms with Crippen molar-refractivity contribution < 1.29 is 5.11 Å². The third kappa shape index (κ3) is 4.38. The molecule has 124 valence electrons. The Morgan fingerprint density at radius 2 is 2.00 bits per heavy atom. The molecule has 0 spiro atoms. The van der Waals surface area contributed by atoms with Crippen molar-refractivity contribution in [2.24, 2.45) is 0 Å². The SMILES string of the molecule is CN1CCC(N(CCO)Cc2csc(-c3ccccc3)n2)CC1. The standard InChI is InChI=1S/C18H25N3OS/c1-20-9-7-17(8-10-20)21(11-12-22)13-16-14-23-18(19-16)15-5-3-2-4-6-15/h2-6,14,17,22H,7-13H2,1H3. The van der Waals surface area contributed by atoms with E-state index in [1.807, 2.05) is 18.2 Å². The lowest BCUT2D eigenvalue weighted by atomic mass is 10.0. The molecule has 3 rings (SSSR count). The number of aromatic nitrogens is 1. The molecule has 1 fully saturated rings. The minimum atomic E-state index is 0.210. The highest BCUT2D eigenvalue weighted by Gasteiger charge is 2.23. The van der Waals surface area contributed by atoms with Crippen LogP contribution in [0.2, 0.25) is 0 Å². The van der Waals surface area contributed by atoms with Crippen molar-refractivity contribution in [3.05, 3.63) is 41.4 Å². The fraction of sp³-hybridized carbons (Fsp3) is 0.500. The minimum absolute atomic E-state index is 0.210. The van der Waals surface area contributed by atoms with Gasteiger partial charge in [-0.1, -0.05) is 30.3 Å². The Morgan fingerprint density at radius 1 is 1.26 bits per heavy atom. The van der Waals surface area contributed by atoms with Crippen molar-refractivity contribution in [1.82, 2.24) is 14.8 Å². The molecule has 1 N–H and O–H groups in total. The summed E-state index contributed by atoms with van der Waals surface area (Å²) in [6.45, 7) is 4.05. The predicted octanol–water partition coefficient (Wildman–Crippen LogP) is 2.70. The third-order valence-corrected chi connectivity index (χ3v) is 5.47. The molecule has 2 heterocycles. The van der Waals surface area contributed by atoms with Gasteiger partial charge in [-0.05, 0) is 33.0 Å². The van der Waals surface area contributed by atoms with Gasteiger partial charge in [0.05, 0.1) is 12.3 Å². The molecule has 1 aromatic carbocycles. The van der Waals surface area contributed by atoms with Gasteiger partial charge in [0.2, 0.25) is 0 Å². The van der Waals surface area contributed by atoms with Gasteiger partial charge in [-0.2, -0.15) is 0 Å². The van der Waals surface area contributed by atoms with Crippen LogP contribution in [-0.2, 0) is 6.54 Å². The van der Waals surface area contributed by atoms with Gasteiger partial charge in [0, 0.05) is 30.1 Å². The van der Waals surface area contributed by atoms with Crippen molar-refractivity contribution in [3.8, 4) is 10.6 Å². The molecule has 0 bridgehead atoms. The quantitative estimate of drug-likeness (QED) is 0.883. The Morgan fingerprint density at radius 3 is 2.70 bits per heavy atom. The van der Waals surface area contributed by atoms with Crippen molar-refractivity contribution in [1.29, 1.82) is 0 Å². The zero-order valence-corrected chi connectivity index (χ0v) is 14.5. The Labute approximate surface area is 142 Å². The van der Waals surface area contributed by atoms with Crippen LogP contribution < -0.4 is 0 Å². The van der Waals surface area contributed by atoms with Crippen LogP contribution in [0.5, 0.6) is 0 Å². The van der Waals surface area contributed by atoms with E-state index in [0.717, 1.165) is 36.9 Å². The molecule has 0 unspecified atom stereocenters. The van der Waals surface area contributed by atoms with Gasteiger partial charge in [-0.15, -0.1) is 11.3 Å². The summed E-state index contributed by atoms with van der Waals surface area (Å²) >= 11 is 1.70. The molecule has 0 saturated carbocycles. The molecule has 23 heavy (non-hydrogen) atoms. The van der Waals surface area contributed by atoms with E-state index in [0.29, 0.717) is 6.04 Å². The lowest BCUT2D eigenvalue weighted by Crippen LogP contribution is -2.44. The summed E-state index contributed by atoms with van der Waals surface area (Å²) in [5, 5.41) is 12.6. The molecule has 5 heteroatoms. The Kier molecular flexibility index (Phi) is 5.78. The summed E-state index contributed by atoms with van der Waals surface area (Å²) < 4.78 is 0. The summed E-state index contributed by atoms with van der Waals surface area (Å²) in [5.74, 6) is 0. The van der Waals surface area contributed by atoms with Crippen molar-refractivity contribution in [2.45, 2.75) is 25.4 Å². The number of nitrogens with zero attached hydrogens (tertiary/aromatic N) is 3. The van der Waals surface area contributed by atoms with Gasteiger partial charge < -0.3 is 10.0 Å². The van der Waals surface area contributed by atoms with Gasteiger partial charge >= 0.3 is 0 Å². The maximum atomic E-state index is 9.41. The van der Waals surface area contributed by atoms with E-state index in [2.05, 4.69) is 34.4 Å². The molecule has 0 amide bonds. The highest BCUT2D eigenvalue weighted by Crippen LogP contribution is 2.25. The zero-order valence-electron chi connectivity index (χ0n) is 13.7. The fourth-order valence-electron chi connectivity index (χ4n) is 3.18. The number of aliphatic hydroxyl groups is 1. The summed E-state index contributed by atoms with van der Waals surface area (Å²) in [6, 6.07) is 10.9. The van der Waals surface area contributed by atoms with E-state index < -0.39 is 0 Å². The smallest absolute Gasteiger partial charge is 0.123 e. The highest BCUT2D eigenvalue weighted by atomic mass is 32.1. The number of piperidine rings is 1. The van der Waals surface area contributed by atoms with E-state index in [1.54, 1.807) is 11.3 Å². The lowest BCUT2D eigenvalue weighted by Gasteiger charge is -2.36. The van der Waals surface area contributed by atoms with Crippen molar-refractivity contribution in [2.75, 3.05) is 33.3 Å². The number of thiazole rings is 1. The second-order valence-electron chi connectivity index (χ2n) is 6.24. The number of rotatable bonds is 6. The van der Waals surface area contributed by atoms with Crippen LogP contribution in [0.15, 0.2) is 35.7 Å². The lowest BCUT2D eigenvalue weighted by molar-refractivity contribution is 0.0933. The summed E-state index contributed by atoms with van der Waals surface area (Å²) in [7, 11) is 2.18. The van der Waals surface area contributed by atoms with Gasteiger partial charge in [-0.3, -0.25) is 4.90 Å². The molecule has 0 atom stereocenters. The molecular formula is C18H25N3OS. The van der Waals surface area contributed by atoms with Gasteiger partial charge in [-0.25, -0.2) is 4.98 Å². The molecule has 1 saturated heterocycles. The number of hydrogen-bond acceptors (Lipinski definition) is 5. The van der Waals surface area contributed by atoms with Crippen LogP contribution in [0.25, 0.3) is 10.6 Å². The summed E-state index contributed by atoms with van der Waals surface area (Å²) in [6.07, 6.45) is 2.35. The molecule has 1 aliphatic rings.